The summed E-state index contributed by atoms with van der Waals surface area (Å²) in [6, 6.07) is 18.1. The fraction of sp³-hybridized carbons (Fsp3) is 0.200. The Kier molecular flexibility index (Phi) is 1.99. The average Bonchev–Trinajstić information content (AvgIpc) is 2.54. The molecule has 2 aromatic rings. The Morgan fingerprint density at radius 1 is 0.500 bits per heavy atom. The van der Waals surface area contributed by atoms with Crippen molar-refractivity contribution >= 4 is 0 Å². The van der Waals surface area contributed by atoms with Crippen LogP contribution in [0.2, 0.25) is 0 Å². The molecule has 0 saturated carbocycles. The largest absolute Gasteiger partial charge is 0.0799 e. The Labute approximate surface area is 119 Å². The zero-order valence-corrected chi connectivity index (χ0v) is 11.2. The van der Waals surface area contributed by atoms with E-state index in [2.05, 4.69) is 72.8 Å². The van der Waals surface area contributed by atoms with E-state index in [1.165, 1.54) is 0 Å². The van der Waals surface area contributed by atoms with Gasteiger partial charge in [-0.15, -0.1) is 0 Å². The van der Waals surface area contributed by atoms with Crippen molar-refractivity contribution in [3.05, 3.63) is 95.1 Å². The van der Waals surface area contributed by atoms with Gasteiger partial charge in [0.1, 0.15) is 0 Å². The second kappa shape index (κ2) is 3.73. The van der Waals surface area contributed by atoms with E-state index < -0.39 is 0 Å². The number of benzene rings is 2. The number of rotatable bonds is 0. The molecule has 2 aromatic carbocycles. The molecule has 0 fully saturated rings. The lowest BCUT2D eigenvalue weighted by atomic mass is 9.53. The van der Waals surface area contributed by atoms with E-state index in [1.807, 2.05) is 0 Å². The Balaban J connectivity index is 1.86. The van der Waals surface area contributed by atoms with Gasteiger partial charge in [0.25, 0.3) is 0 Å². The van der Waals surface area contributed by atoms with Crippen LogP contribution in [0.4, 0.5) is 0 Å². The van der Waals surface area contributed by atoms with E-state index in [0.717, 1.165) is 0 Å². The van der Waals surface area contributed by atoms with Crippen molar-refractivity contribution < 1.29 is 0 Å². The van der Waals surface area contributed by atoms with Crippen molar-refractivity contribution in [2.45, 2.75) is 11.8 Å². The van der Waals surface area contributed by atoms with Crippen LogP contribution in [0.3, 0.4) is 0 Å². The average molecular weight is 256 g/mol. The minimum absolute atomic E-state index is 0.540. The normalized spacial score (nSPS) is 31.6. The van der Waals surface area contributed by atoms with Gasteiger partial charge in [0, 0.05) is 11.8 Å². The molecule has 0 N–H and O–H groups in total. The van der Waals surface area contributed by atoms with Crippen LogP contribution in [0.1, 0.15) is 34.1 Å². The second-order valence-electron chi connectivity index (χ2n) is 6.14. The van der Waals surface area contributed by atoms with Gasteiger partial charge in [0.05, 0.1) is 0 Å². The summed E-state index contributed by atoms with van der Waals surface area (Å²) in [6.45, 7) is 0. The highest BCUT2D eigenvalue weighted by atomic mass is 14.5. The molecule has 4 aliphatic carbocycles. The minimum Gasteiger partial charge on any atom is -0.0799 e. The Hall–Kier alpha value is -2.08. The third-order valence-corrected chi connectivity index (χ3v) is 5.32. The topological polar surface area (TPSA) is 0 Å². The first kappa shape index (κ1) is 10.7. The summed E-state index contributed by atoms with van der Waals surface area (Å²) in [4.78, 5) is 0. The summed E-state index contributed by atoms with van der Waals surface area (Å²) in [5.41, 5.74) is 6.21. The van der Waals surface area contributed by atoms with E-state index in [9.17, 15) is 0 Å². The van der Waals surface area contributed by atoms with Gasteiger partial charge in [0.15, 0.2) is 0 Å². The standard InChI is InChI=1S/C20H16/c1-2-8-14-13(7-1)19-15-9-3-5-11-17(15)20(14)18-12-6-4-10-16(18)19/h1-14,19-20H. The van der Waals surface area contributed by atoms with E-state index in [4.69, 9.17) is 0 Å². The molecule has 4 aliphatic rings. The molecule has 0 saturated heterocycles. The molecule has 6 rings (SSSR count). The molecule has 0 aliphatic heterocycles. The van der Waals surface area contributed by atoms with Crippen LogP contribution in [-0.2, 0) is 0 Å². The van der Waals surface area contributed by atoms with Crippen molar-refractivity contribution in [3.63, 3.8) is 0 Å². The molecule has 2 bridgehead atoms. The Morgan fingerprint density at radius 3 is 1.20 bits per heavy atom. The molecule has 0 radical (unpaired) electrons. The predicted molar refractivity (Wildman–Crippen MR) is 81.8 cm³/mol. The molecule has 2 atom stereocenters. The molecule has 0 heterocycles. The number of allylic oxidation sites excluding steroid dienone is 4. The van der Waals surface area contributed by atoms with Crippen LogP contribution >= 0.6 is 0 Å². The summed E-state index contributed by atoms with van der Waals surface area (Å²) < 4.78 is 0. The van der Waals surface area contributed by atoms with Crippen molar-refractivity contribution in [3.8, 4) is 0 Å². The molecule has 0 heteroatoms. The summed E-state index contributed by atoms with van der Waals surface area (Å²) in [7, 11) is 0. The second-order valence-corrected chi connectivity index (χ2v) is 6.14. The summed E-state index contributed by atoms with van der Waals surface area (Å²) in [6.07, 6.45) is 9.31. The van der Waals surface area contributed by atoms with Crippen molar-refractivity contribution in [2.75, 3.05) is 0 Å². The van der Waals surface area contributed by atoms with Gasteiger partial charge in [-0.2, -0.15) is 0 Å². The highest BCUT2D eigenvalue weighted by molar-refractivity contribution is 5.58. The first-order valence-corrected chi connectivity index (χ1v) is 7.48. The lowest BCUT2D eigenvalue weighted by Crippen LogP contribution is -2.38. The summed E-state index contributed by atoms with van der Waals surface area (Å²) in [5, 5.41) is 0. The molecule has 96 valence electrons. The SMILES string of the molecule is C1=CC2C3c4ccccc4C(c4ccccc43)C2C=C1. The number of hydrogen-bond acceptors (Lipinski definition) is 0. The van der Waals surface area contributed by atoms with Crippen LogP contribution < -0.4 is 0 Å². The predicted octanol–water partition coefficient (Wildman–Crippen LogP) is 4.64. The van der Waals surface area contributed by atoms with Gasteiger partial charge in [-0.05, 0) is 34.1 Å². The zero-order chi connectivity index (χ0) is 13.1. The smallest absolute Gasteiger partial charge is 0.0164 e. The lowest BCUT2D eigenvalue weighted by Gasteiger charge is -2.49. The van der Waals surface area contributed by atoms with Gasteiger partial charge in [-0.3, -0.25) is 0 Å². The van der Waals surface area contributed by atoms with Gasteiger partial charge in [-0.25, -0.2) is 0 Å². The maximum Gasteiger partial charge on any atom is 0.0164 e. The third-order valence-electron chi connectivity index (χ3n) is 5.32. The highest BCUT2D eigenvalue weighted by Gasteiger charge is 2.47. The van der Waals surface area contributed by atoms with E-state index in [0.29, 0.717) is 23.7 Å². The van der Waals surface area contributed by atoms with Gasteiger partial charge in [-0.1, -0.05) is 72.8 Å². The molecule has 0 spiro atoms. The monoisotopic (exact) mass is 256 g/mol. The Morgan fingerprint density at radius 2 is 0.850 bits per heavy atom. The zero-order valence-electron chi connectivity index (χ0n) is 11.2. The fourth-order valence-electron chi connectivity index (χ4n) is 4.63. The lowest BCUT2D eigenvalue weighted by molar-refractivity contribution is 0.331. The molecular formula is C20H16. The van der Waals surface area contributed by atoms with Crippen LogP contribution in [0.5, 0.6) is 0 Å². The van der Waals surface area contributed by atoms with Crippen LogP contribution in [0.15, 0.2) is 72.8 Å². The Bertz CT molecular complexity index is 639. The van der Waals surface area contributed by atoms with Crippen LogP contribution in [0.25, 0.3) is 0 Å². The first-order chi connectivity index (χ1) is 9.95. The van der Waals surface area contributed by atoms with Gasteiger partial charge >= 0.3 is 0 Å². The third kappa shape index (κ3) is 1.17. The van der Waals surface area contributed by atoms with E-state index >= 15 is 0 Å². The minimum atomic E-state index is 0.540. The molecular weight excluding hydrogens is 240 g/mol. The number of hydrogen-bond donors (Lipinski definition) is 0. The molecule has 0 nitrogen and oxygen atoms in total. The van der Waals surface area contributed by atoms with Crippen molar-refractivity contribution in [1.29, 1.82) is 0 Å². The molecule has 0 amide bonds. The quantitative estimate of drug-likeness (QED) is 0.644. The van der Waals surface area contributed by atoms with Crippen LogP contribution in [-0.4, -0.2) is 0 Å². The summed E-state index contributed by atoms with van der Waals surface area (Å²) in [5.74, 6) is 2.35. The van der Waals surface area contributed by atoms with Gasteiger partial charge < -0.3 is 0 Å². The molecule has 20 heavy (non-hydrogen) atoms. The highest BCUT2D eigenvalue weighted by Crippen LogP contribution is 2.59. The van der Waals surface area contributed by atoms with Crippen molar-refractivity contribution in [1.82, 2.24) is 0 Å². The van der Waals surface area contributed by atoms with Crippen molar-refractivity contribution in [2.24, 2.45) is 11.8 Å². The molecule has 0 aromatic heterocycles. The molecule has 2 unspecified atom stereocenters. The maximum atomic E-state index is 2.42. The van der Waals surface area contributed by atoms with E-state index in [-0.39, 0.29) is 0 Å². The first-order valence-electron chi connectivity index (χ1n) is 7.48. The van der Waals surface area contributed by atoms with Gasteiger partial charge in [0.2, 0.25) is 0 Å². The maximum absolute atomic E-state index is 2.42. The summed E-state index contributed by atoms with van der Waals surface area (Å²) >= 11 is 0. The van der Waals surface area contributed by atoms with Crippen LogP contribution in [0, 0.1) is 11.8 Å². The fourth-order valence-corrected chi connectivity index (χ4v) is 4.63. The van der Waals surface area contributed by atoms with E-state index in [1.54, 1.807) is 22.3 Å².